The van der Waals surface area contributed by atoms with Gasteiger partial charge in [0.1, 0.15) is 6.61 Å². The predicted octanol–water partition coefficient (Wildman–Crippen LogP) is 4.10. The molecule has 4 atom stereocenters. The minimum Gasteiger partial charge on any atom is -0.480 e. The zero-order chi connectivity index (χ0) is 28.8. The highest BCUT2D eigenvalue weighted by Crippen LogP contribution is 2.44. The lowest BCUT2D eigenvalue weighted by Gasteiger charge is -2.23. The molecule has 214 valence electrons. The van der Waals surface area contributed by atoms with Gasteiger partial charge in [0, 0.05) is 12.5 Å². The molecule has 0 spiro atoms. The standard InChI is InChI=1S/C32H34N2O7/c1-20(39-17-21-9-3-2-4-10-21)29(31(36)37)34-30(35)22-15-23(40-18-22)16-33-32(38)41-19-28-26-13-7-5-11-24(26)25-12-6-8-14-27(25)28/h2-14,20,22-23,28-29H,15-19H2,1H3,(H,33,38)(H,34,35)(H,36,37)/t20-,22?,23?,29+/m0/s1. The molecule has 0 aromatic heterocycles. The normalized spacial score (nSPS) is 19.0. The molecule has 3 aromatic carbocycles. The molecule has 1 fully saturated rings. The Hall–Kier alpha value is -4.21. The first-order chi connectivity index (χ1) is 19.9. The molecule has 2 aliphatic rings. The zero-order valence-electron chi connectivity index (χ0n) is 22.8. The summed E-state index contributed by atoms with van der Waals surface area (Å²) in [6, 6.07) is 24.4. The number of nitrogens with one attached hydrogen (secondary N) is 2. The molecule has 2 amide bonds. The summed E-state index contributed by atoms with van der Waals surface area (Å²) >= 11 is 0. The second-order valence-electron chi connectivity index (χ2n) is 10.4. The van der Waals surface area contributed by atoms with E-state index in [0.717, 1.165) is 27.8 Å². The molecule has 1 heterocycles. The highest BCUT2D eigenvalue weighted by atomic mass is 16.5. The number of hydrogen-bond acceptors (Lipinski definition) is 6. The second-order valence-corrected chi connectivity index (χ2v) is 10.4. The molecule has 5 rings (SSSR count). The number of rotatable bonds is 11. The van der Waals surface area contributed by atoms with E-state index in [0.29, 0.717) is 6.42 Å². The van der Waals surface area contributed by atoms with Crippen LogP contribution in [0.5, 0.6) is 0 Å². The van der Waals surface area contributed by atoms with Gasteiger partial charge in [0.05, 0.1) is 31.3 Å². The smallest absolute Gasteiger partial charge is 0.407 e. The molecule has 1 aliphatic carbocycles. The van der Waals surface area contributed by atoms with Gasteiger partial charge in [-0.3, -0.25) is 4.79 Å². The Bertz CT molecular complexity index is 1330. The summed E-state index contributed by atoms with van der Waals surface area (Å²) in [4.78, 5) is 37.2. The van der Waals surface area contributed by atoms with Crippen LogP contribution in [-0.2, 0) is 30.4 Å². The van der Waals surface area contributed by atoms with E-state index in [1.807, 2.05) is 54.6 Å². The SMILES string of the molecule is C[C@H](OCc1ccccc1)[C@@H](NC(=O)C1COC(CNC(=O)OCC2c3ccccc3-c3ccccc32)C1)C(=O)O. The quantitative estimate of drug-likeness (QED) is 0.324. The molecule has 1 saturated heterocycles. The number of ether oxygens (including phenoxy) is 3. The van der Waals surface area contributed by atoms with Crippen LogP contribution in [0.3, 0.4) is 0 Å². The fourth-order valence-electron chi connectivity index (χ4n) is 5.43. The predicted molar refractivity (Wildman–Crippen MR) is 151 cm³/mol. The molecule has 2 unspecified atom stereocenters. The van der Waals surface area contributed by atoms with Crippen LogP contribution < -0.4 is 10.6 Å². The number of hydrogen-bond donors (Lipinski definition) is 3. The van der Waals surface area contributed by atoms with E-state index in [2.05, 4.69) is 34.9 Å². The molecule has 3 N–H and O–H groups in total. The molecule has 3 aromatic rings. The molecule has 9 heteroatoms. The van der Waals surface area contributed by atoms with Crippen molar-refractivity contribution in [2.75, 3.05) is 19.8 Å². The minimum absolute atomic E-state index is 0.0369. The fourth-order valence-corrected chi connectivity index (χ4v) is 5.43. The van der Waals surface area contributed by atoms with Gasteiger partial charge in [-0.2, -0.15) is 0 Å². The Morgan fingerprint density at radius 1 is 0.951 bits per heavy atom. The molecule has 0 saturated carbocycles. The summed E-state index contributed by atoms with van der Waals surface area (Å²) < 4.78 is 17.0. The van der Waals surface area contributed by atoms with Gasteiger partial charge in [0.2, 0.25) is 5.91 Å². The summed E-state index contributed by atoms with van der Waals surface area (Å²) in [5.74, 6) is -2.17. The third-order valence-corrected chi connectivity index (χ3v) is 7.66. The Morgan fingerprint density at radius 3 is 2.24 bits per heavy atom. The lowest BCUT2D eigenvalue weighted by Crippen LogP contribution is -2.50. The summed E-state index contributed by atoms with van der Waals surface area (Å²) in [5.41, 5.74) is 5.49. The fraction of sp³-hybridized carbons (Fsp3) is 0.344. The monoisotopic (exact) mass is 558 g/mol. The van der Waals surface area contributed by atoms with Gasteiger partial charge in [-0.1, -0.05) is 78.9 Å². The van der Waals surface area contributed by atoms with Crippen LogP contribution in [0.1, 0.15) is 36.0 Å². The number of carbonyl (C=O) groups is 3. The van der Waals surface area contributed by atoms with Crippen molar-refractivity contribution in [2.24, 2.45) is 5.92 Å². The third-order valence-electron chi connectivity index (χ3n) is 7.66. The van der Waals surface area contributed by atoms with Crippen LogP contribution in [0, 0.1) is 5.92 Å². The lowest BCUT2D eigenvalue weighted by atomic mass is 9.98. The van der Waals surface area contributed by atoms with Gasteiger partial charge in [-0.25, -0.2) is 9.59 Å². The first kappa shape index (κ1) is 28.3. The first-order valence-electron chi connectivity index (χ1n) is 13.8. The molecule has 1 aliphatic heterocycles. The van der Waals surface area contributed by atoms with E-state index in [-0.39, 0.29) is 38.4 Å². The van der Waals surface area contributed by atoms with Gasteiger partial charge >= 0.3 is 12.1 Å². The maximum atomic E-state index is 12.9. The summed E-state index contributed by atoms with van der Waals surface area (Å²) in [6.07, 6.45) is -1.34. The van der Waals surface area contributed by atoms with E-state index in [4.69, 9.17) is 14.2 Å². The number of fused-ring (bicyclic) bond motifs is 3. The number of alkyl carbamates (subject to hydrolysis) is 1. The van der Waals surface area contributed by atoms with Crippen LogP contribution in [-0.4, -0.2) is 61.1 Å². The van der Waals surface area contributed by atoms with Gasteiger partial charge < -0.3 is 30.0 Å². The molecular weight excluding hydrogens is 524 g/mol. The van der Waals surface area contributed by atoms with Gasteiger partial charge in [0.25, 0.3) is 0 Å². The van der Waals surface area contributed by atoms with Crippen molar-refractivity contribution >= 4 is 18.0 Å². The van der Waals surface area contributed by atoms with E-state index in [1.54, 1.807) is 6.92 Å². The largest absolute Gasteiger partial charge is 0.480 e. The van der Waals surface area contributed by atoms with Crippen LogP contribution in [0.4, 0.5) is 4.79 Å². The van der Waals surface area contributed by atoms with Crippen molar-refractivity contribution in [3.05, 3.63) is 95.6 Å². The van der Waals surface area contributed by atoms with Crippen molar-refractivity contribution in [1.29, 1.82) is 0 Å². The van der Waals surface area contributed by atoms with E-state index < -0.39 is 36.0 Å². The van der Waals surface area contributed by atoms with Gasteiger partial charge in [0.15, 0.2) is 6.04 Å². The summed E-state index contributed by atoms with van der Waals surface area (Å²) in [7, 11) is 0. The molecule has 0 bridgehead atoms. The van der Waals surface area contributed by atoms with Crippen LogP contribution >= 0.6 is 0 Å². The third kappa shape index (κ3) is 6.75. The Morgan fingerprint density at radius 2 is 1.59 bits per heavy atom. The Balaban J connectivity index is 1.06. The van der Waals surface area contributed by atoms with Crippen molar-refractivity contribution in [1.82, 2.24) is 10.6 Å². The summed E-state index contributed by atoms with van der Waals surface area (Å²) in [6.45, 7) is 2.37. The van der Waals surface area contributed by atoms with Crippen LogP contribution in [0.2, 0.25) is 0 Å². The van der Waals surface area contributed by atoms with Gasteiger partial charge in [-0.15, -0.1) is 0 Å². The molecule has 0 radical (unpaired) electrons. The number of benzene rings is 3. The van der Waals surface area contributed by atoms with Crippen molar-refractivity contribution in [3.63, 3.8) is 0 Å². The molecule has 9 nitrogen and oxygen atoms in total. The number of aliphatic carboxylic acids is 1. The van der Waals surface area contributed by atoms with Crippen LogP contribution in [0.25, 0.3) is 11.1 Å². The Kier molecular flexibility index (Phi) is 8.96. The number of carboxylic acid groups (broad SMARTS) is 1. The highest BCUT2D eigenvalue weighted by Gasteiger charge is 2.35. The van der Waals surface area contributed by atoms with Crippen molar-refractivity contribution < 1.29 is 33.7 Å². The average molecular weight is 559 g/mol. The van der Waals surface area contributed by atoms with Gasteiger partial charge in [-0.05, 0) is 41.2 Å². The molecular formula is C32H34N2O7. The maximum absolute atomic E-state index is 12.9. The summed E-state index contributed by atoms with van der Waals surface area (Å²) in [5, 5.41) is 15.0. The zero-order valence-corrected chi connectivity index (χ0v) is 22.8. The second kappa shape index (κ2) is 13.0. The lowest BCUT2D eigenvalue weighted by molar-refractivity contribution is -0.147. The topological polar surface area (TPSA) is 123 Å². The number of carbonyl (C=O) groups excluding carboxylic acids is 2. The van der Waals surface area contributed by atoms with E-state index >= 15 is 0 Å². The number of amides is 2. The van der Waals surface area contributed by atoms with Crippen molar-refractivity contribution in [2.45, 2.75) is 44.1 Å². The van der Waals surface area contributed by atoms with E-state index in [1.165, 1.54) is 0 Å². The Labute approximate surface area is 238 Å². The molecule has 41 heavy (non-hydrogen) atoms. The highest BCUT2D eigenvalue weighted by molar-refractivity contribution is 5.85. The minimum atomic E-state index is -1.20. The van der Waals surface area contributed by atoms with Crippen LogP contribution in [0.15, 0.2) is 78.9 Å². The van der Waals surface area contributed by atoms with E-state index in [9.17, 15) is 19.5 Å². The average Bonchev–Trinajstić information content (AvgIpc) is 3.60. The maximum Gasteiger partial charge on any atom is 0.407 e. The van der Waals surface area contributed by atoms with Crippen molar-refractivity contribution in [3.8, 4) is 11.1 Å². The number of carboxylic acids is 1. The first-order valence-corrected chi connectivity index (χ1v) is 13.8.